The van der Waals surface area contributed by atoms with Gasteiger partial charge in [-0.15, -0.1) is 0 Å². The lowest BCUT2D eigenvalue weighted by Crippen LogP contribution is -2.73. The number of alkyl halides is 2. The number of anilines is 1. The van der Waals surface area contributed by atoms with Gasteiger partial charge in [0.2, 0.25) is 11.8 Å². The largest absolute Gasteiger partial charge is 0.481 e. The highest BCUT2D eigenvalue weighted by atomic mass is 32.2. The fraction of sp³-hybridized carbons (Fsp3) is 0.458. The van der Waals surface area contributed by atoms with Gasteiger partial charge in [0.05, 0.1) is 5.75 Å². The molecule has 0 spiro atoms. The minimum Gasteiger partial charge on any atom is -0.481 e. The number of amides is 1. The van der Waals surface area contributed by atoms with E-state index in [1.807, 2.05) is 13.8 Å². The summed E-state index contributed by atoms with van der Waals surface area (Å²) in [6.07, 6.45) is -0.454. The number of aliphatic carboxylic acids is 1. The molecular formula is C24H29F2N3O6S. The van der Waals surface area contributed by atoms with Crippen molar-refractivity contribution in [2.75, 3.05) is 17.6 Å². The predicted octanol–water partition coefficient (Wildman–Crippen LogP) is 3.20. The van der Waals surface area contributed by atoms with Crippen LogP contribution in [-0.2, 0) is 24.8 Å². The number of pyridine rings is 1. The first-order chi connectivity index (χ1) is 16.9. The van der Waals surface area contributed by atoms with Crippen molar-refractivity contribution in [2.24, 2.45) is 0 Å². The minimum atomic E-state index is -3.99. The maximum absolute atomic E-state index is 13.9. The molecule has 1 aromatic carbocycles. The molecule has 0 bridgehead atoms. The number of aryl methyl sites for hydroxylation is 1. The molecule has 1 amide bonds. The fourth-order valence-corrected chi connectivity index (χ4v) is 6.42. The maximum Gasteiger partial charge on any atom is 0.388 e. The molecule has 36 heavy (non-hydrogen) atoms. The quantitative estimate of drug-likeness (QED) is 0.407. The van der Waals surface area contributed by atoms with Crippen molar-refractivity contribution in [3.63, 3.8) is 0 Å². The van der Waals surface area contributed by atoms with E-state index in [9.17, 15) is 26.8 Å². The molecule has 1 saturated heterocycles. The third-order valence-electron chi connectivity index (χ3n) is 6.11. The smallest absolute Gasteiger partial charge is 0.388 e. The molecule has 1 fully saturated rings. The van der Waals surface area contributed by atoms with E-state index in [1.165, 1.54) is 12.1 Å². The molecule has 1 aliphatic heterocycles. The van der Waals surface area contributed by atoms with Crippen molar-refractivity contribution in [1.29, 1.82) is 0 Å². The van der Waals surface area contributed by atoms with Crippen LogP contribution in [-0.4, -0.2) is 54.7 Å². The van der Waals surface area contributed by atoms with E-state index in [0.29, 0.717) is 11.3 Å². The lowest BCUT2D eigenvalue weighted by Gasteiger charge is -2.49. The number of halogens is 2. The molecular weight excluding hydrogens is 496 g/mol. The van der Waals surface area contributed by atoms with Crippen molar-refractivity contribution < 1.29 is 36.6 Å². The van der Waals surface area contributed by atoms with Gasteiger partial charge in [-0.25, -0.2) is 13.4 Å². The number of ether oxygens (including phenoxy) is 1. The monoisotopic (exact) mass is 525 g/mol. The van der Waals surface area contributed by atoms with Crippen LogP contribution >= 0.6 is 0 Å². The Morgan fingerprint density at radius 3 is 2.53 bits per heavy atom. The number of nitrogens with zero attached hydrogens (tertiary/aromatic N) is 1. The molecule has 0 radical (unpaired) electrons. The number of hydrogen-bond donors (Lipinski definition) is 3. The third kappa shape index (κ3) is 5.65. The average Bonchev–Trinajstić information content (AvgIpc) is 2.74. The van der Waals surface area contributed by atoms with Crippen LogP contribution in [0.2, 0.25) is 0 Å². The van der Waals surface area contributed by atoms with Crippen LogP contribution < -0.4 is 15.4 Å². The second-order valence-electron chi connectivity index (χ2n) is 8.98. The molecule has 12 heteroatoms. The zero-order valence-corrected chi connectivity index (χ0v) is 20.9. The van der Waals surface area contributed by atoms with Gasteiger partial charge in [-0.05, 0) is 42.5 Å². The Labute approximate surface area is 208 Å². The summed E-state index contributed by atoms with van der Waals surface area (Å²) in [4.78, 5) is 28.7. The molecule has 1 aromatic heterocycles. The molecule has 3 rings (SSSR count). The van der Waals surface area contributed by atoms with Crippen LogP contribution in [0.15, 0.2) is 36.4 Å². The lowest BCUT2D eigenvalue weighted by atomic mass is 9.70. The first-order valence-corrected chi connectivity index (χ1v) is 13.1. The van der Waals surface area contributed by atoms with Gasteiger partial charge >= 0.3 is 12.6 Å². The van der Waals surface area contributed by atoms with Crippen molar-refractivity contribution in [3.8, 4) is 5.88 Å². The van der Waals surface area contributed by atoms with Crippen LogP contribution in [0.1, 0.15) is 49.4 Å². The van der Waals surface area contributed by atoms with Gasteiger partial charge in [-0.3, -0.25) is 14.9 Å². The number of carboxylic acids is 1. The first-order valence-electron chi connectivity index (χ1n) is 11.4. The van der Waals surface area contributed by atoms with E-state index in [4.69, 9.17) is 5.11 Å². The van der Waals surface area contributed by atoms with Crippen molar-refractivity contribution in [2.45, 2.75) is 56.9 Å². The number of aromatic nitrogens is 1. The Balaban J connectivity index is 2.08. The summed E-state index contributed by atoms with van der Waals surface area (Å²) in [5.74, 6) is -2.84. The topological polar surface area (TPSA) is 135 Å². The van der Waals surface area contributed by atoms with Gasteiger partial charge in [0.1, 0.15) is 16.5 Å². The Morgan fingerprint density at radius 2 is 1.94 bits per heavy atom. The summed E-state index contributed by atoms with van der Waals surface area (Å²) in [5, 5.41) is 13.0. The summed E-state index contributed by atoms with van der Waals surface area (Å²) < 4.78 is 57.0. The van der Waals surface area contributed by atoms with Crippen LogP contribution in [0.3, 0.4) is 0 Å². The van der Waals surface area contributed by atoms with E-state index in [1.54, 1.807) is 31.2 Å². The summed E-state index contributed by atoms with van der Waals surface area (Å²) in [7, 11) is -3.99. The van der Waals surface area contributed by atoms with Gasteiger partial charge in [-0.2, -0.15) is 8.78 Å². The van der Waals surface area contributed by atoms with Gasteiger partial charge in [-0.1, -0.05) is 38.1 Å². The molecule has 2 atom stereocenters. The van der Waals surface area contributed by atoms with E-state index in [-0.39, 0.29) is 31.0 Å². The molecule has 2 heterocycles. The molecule has 0 aliphatic carbocycles. The zero-order valence-electron chi connectivity index (χ0n) is 20.1. The van der Waals surface area contributed by atoms with E-state index < -0.39 is 50.7 Å². The maximum atomic E-state index is 13.9. The highest BCUT2D eigenvalue weighted by molar-refractivity contribution is 7.92. The minimum absolute atomic E-state index is 0.0320. The highest BCUT2D eigenvalue weighted by Gasteiger charge is 2.60. The molecule has 2 aromatic rings. The number of carbonyl (C=O) groups excluding carboxylic acids is 1. The van der Waals surface area contributed by atoms with E-state index in [0.717, 1.165) is 5.56 Å². The van der Waals surface area contributed by atoms with Crippen molar-refractivity contribution >= 4 is 27.4 Å². The number of hydrogen-bond acceptors (Lipinski definition) is 7. The molecule has 2 unspecified atom stereocenters. The summed E-state index contributed by atoms with van der Waals surface area (Å²) >= 11 is 0. The zero-order chi connectivity index (χ0) is 26.7. The molecule has 9 nitrogen and oxygen atoms in total. The van der Waals surface area contributed by atoms with E-state index >= 15 is 0 Å². The van der Waals surface area contributed by atoms with Crippen molar-refractivity contribution in [1.82, 2.24) is 10.3 Å². The summed E-state index contributed by atoms with van der Waals surface area (Å²) in [6, 6.07) is 9.83. The van der Waals surface area contributed by atoms with Crippen LogP contribution in [0.4, 0.5) is 14.5 Å². The average molecular weight is 526 g/mol. The van der Waals surface area contributed by atoms with Crippen LogP contribution in [0, 0.1) is 6.92 Å². The molecule has 3 N–H and O–H groups in total. The normalized spacial score (nSPS) is 19.7. The number of nitrogens with one attached hydrogen (secondary N) is 2. The Morgan fingerprint density at radius 1 is 1.25 bits per heavy atom. The Kier molecular flexibility index (Phi) is 8.29. The fourth-order valence-electron chi connectivity index (χ4n) is 4.37. The standard InChI is InChI=1S/C24H29F2N3O6S/c1-14(2)16-7-4-5-8-17(16)24(13-27-22(24)36(33,34)12-6-9-19(30)31)21(32)29-18-11-10-15(3)28-20(18)35-23(25)26/h4-5,7-8,10-11,14,22-23,27H,6,9,12-13H2,1-3H3,(H,29,32)(H,30,31). The second kappa shape index (κ2) is 10.9. The van der Waals surface area contributed by atoms with Crippen molar-refractivity contribution in [3.05, 3.63) is 53.2 Å². The molecule has 1 aliphatic rings. The van der Waals surface area contributed by atoms with Gasteiger partial charge in [0, 0.05) is 18.7 Å². The van der Waals surface area contributed by atoms with Gasteiger partial charge < -0.3 is 15.2 Å². The first kappa shape index (κ1) is 27.5. The lowest BCUT2D eigenvalue weighted by molar-refractivity contribution is -0.137. The molecule has 196 valence electrons. The predicted molar refractivity (Wildman–Crippen MR) is 129 cm³/mol. The van der Waals surface area contributed by atoms with Gasteiger partial charge in [0.15, 0.2) is 9.84 Å². The van der Waals surface area contributed by atoms with Crippen LogP contribution in [0.5, 0.6) is 5.88 Å². The summed E-state index contributed by atoms with van der Waals surface area (Å²) in [6.45, 7) is 2.17. The van der Waals surface area contributed by atoms with Gasteiger partial charge in [0.25, 0.3) is 0 Å². The number of sulfone groups is 1. The highest BCUT2D eigenvalue weighted by Crippen LogP contribution is 2.42. The summed E-state index contributed by atoms with van der Waals surface area (Å²) in [5.41, 5.74) is -0.102. The number of carbonyl (C=O) groups is 2. The molecule has 0 saturated carbocycles. The van der Waals surface area contributed by atoms with Crippen LogP contribution in [0.25, 0.3) is 0 Å². The second-order valence-corrected chi connectivity index (χ2v) is 11.2. The SMILES string of the molecule is Cc1ccc(NC(=O)C2(c3ccccc3C(C)C)CNC2S(=O)(=O)CCCC(=O)O)c(OC(F)F)n1. The number of carboxylic acid groups (broad SMARTS) is 1. The number of benzene rings is 1. The Bertz CT molecular complexity index is 1240. The number of rotatable bonds is 11. The third-order valence-corrected chi connectivity index (χ3v) is 8.25. The Hall–Kier alpha value is -3.12. The van der Waals surface area contributed by atoms with E-state index in [2.05, 4.69) is 20.4 Å².